The fourth-order valence-electron chi connectivity index (χ4n) is 5.32. The zero-order valence-electron chi connectivity index (χ0n) is 20.5. The van der Waals surface area contributed by atoms with E-state index in [1.807, 2.05) is 24.6 Å². The highest BCUT2D eigenvalue weighted by Gasteiger charge is 2.25. The molecule has 5 rings (SSSR count). The van der Waals surface area contributed by atoms with Crippen LogP contribution in [0.3, 0.4) is 0 Å². The number of likely N-dealkylation sites (N-methyl/N-ethyl adjacent to an activating group) is 1. The molecular weight excluding hydrogens is 428 g/mol. The van der Waals surface area contributed by atoms with Crippen molar-refractivity contribution in [2.24, 2.45) is 0 Å². The number of aromatic nitrogens is 3. The highest BCUT2D eigenvalue weighted by molar-refractivity contribution is 6.04. The normalized spacial score (nSPS) is 22.6. The number of aliphatic hydroxyl groups excluding tert-OH is 1. The first-order chi connectivity index (χ1) is 16.4. The Kier molecular flexibility index (Phi) is 6.55. The molecule has 8 nitrogen and oxygen atoms in total. The Morgan fingerprint density at radius 2 is 1.79 bits per heavy atom. The number of pyridine rings is 1. The van der Waals surface area contributed by atoms with Crippen LogP contribution in [0.2, 0.25) is 0 Å². The average molecular weight is 465 g/mol. The lowest BCUT2D eigenvalue weighted by molar-refractivity contribution is 0.111. The van der Waals surface area contributed by atoms with Crippen molar-refractivity contribution in [3.8, 4) is 0 Å². The number of anilines is 1. The Morgan fingerprint density at radius 1 is 1.06 bits per heavy atom. The summed E-state index contributed by atoms with van der Waals surface area (Å²) in [5.41, 5.74) is 1.86. The molecule has 2 aliphatic rings. The van der Waals surface area contributed by atoms with Gasteiger partial charge in [0.15, 0.2) is 0 Å². The van der Waals surface area contributed by atoms with E-state index in [0.29, 0.717) is 24.4 Å². The number of piperazine rings is 1. The lowest BCUT2D eigenvalue weighted by Crippen LogP contribution is -2.43. The van der Waals surface area contributed by atoms with Gasteiger partial charge >= 0.3 is 0 Å². The first-order valence-electron chi connectivity index (χ1n) is 12.6. The quantitative estimate of drug-likeness (QED) is 0.562. The maximum atomic E-state index is 13.9. The van der Waals surface area contributed by atoms with Gasteiger partial charge in [-0.2, -0.15) is 4.98 Å². The van der Waals surface area contributed by atoms with E-state index in [9.17, 15) is 9.90 Å². The summed E-state index contributed by atoms with van der Waals surface area (Å²) >= 11 is 0. The van der Waals surface area contributed by atoms with Crippen LogP contribution in [0.4, 0.5) is 5.95 Å². The minimum Gasteiger partial charge on any atom is -0.393 e. The van der Waals surface area contributed by atoms with Crippen molar-refractivity contribution in [3.05, 3.63) is 40.3 Å². The molecule has 0 spiro atoms. The van der Waals surface area contributed by atoms with Crippen LogP contribution in [-0.2, 0) is 6.54 Å². The Hall–Kier alpha value is -2.55. The van der Waals surface area contributed by atoms with Crippen molar-refractivity contribution >= 4 is 27.8 Å². The topological polar surface area (TPSA) is 86.5 Å². The van der Waals surface area contributed by atoms with Gasteiger partial charge in [0, 0.05) is 61.8 Å². The van der Waals surface area contributed by atoms with Gasteiger partial charge in [-0.1, -0.05) is 12.1 Å². The summed E-state index contributed by atoms with van der Waals surface area (Å²) in [5, 5.41) is 15.9. The minimum atomic E-state index is -0.276. The van der Waals surface area contributed by atoms with Crippen LogP contribution in [0.1, 0.15) is 51.1 Å². The molecule has 1 saturated heterocycles. The van der Waals surface area contributed by atoms with Gasteiger partial charge in [-0.15, -0.1) is 0 Å². The van der Waals surface area contributed by atoms with Gasteiger partial charge in [0.25, 0.3) is 5.56 Å². The third kappa shape index (κ3) is 4.67. The second-order valence-electron chi connectivity index (χ2n) is 10.3. The highest BCUT2D eigenvalue weighted by atomic mass is 16.3. The van der Waals surface area contributed by atoms with Crippen molar-refractivity contribution in [1.82, 2.24) is 24.3 Å². The third-order valence-corrected chi connectivity index (χ3v) is 7.27. The molecule has 2 N–H and O–H groups in total. The van der Waals surface area contributed by atoms with Gasteiger partial charge in [0.1, 0.15) is 5.65 Å². The van der Waals surface area contributed by atoms with Gasteiger partial charge in [-0.05, 0) is 63.6 Å². The van der Waals surface area contributed by atoms with E-state index in [2.05, 4.69) is 45.3 Å². The molecule has 1 aliphatic carbocycles. The number of nitrogens with zero attached hydrogens (tertiary/aromatic N) is 5. The van der Waals surface area contributed by atoms with Crippen LogP contribution in [0.5, 0.6) is 0 Å². The maximum Gasteiger partial charge on any atom is 0.260 e. The molecule has 0 amide bonds. The van der Waals surface area contributed by atoms with Crippen molar-refractivity contribution in [1.29, 1.82) is 0 Å². The molecule has 1 saturated carbocycles. The Morgan fingerprint density at radius 3 is 2.50 bits per heavy atom. The summed E-state index contributed by atoms with van der Waals surface area (Å²) in [4.78, 5) is 28.1. The van der Waals surface area contributed by atoms with Crippen molar-refractivity contribution in [3.63, 3.8) is 0 Å². The van der Waals surface area contributed by atoms with E-state index in [-0.39, 0.29) is 23.7 Å². The molecule has 8 heteroatoms. The van der Waals surface area contributed by atoms with E-state index >= 15 is 0 Å². The van der Waals surface area contributed by atoms with Gasteiger partial charge in [-0.3, -0.25) is 14.3 Å². The molecule has 1 aliphatic heterocycles. The summed E-state index contributed by atoms with van der Waals surface area (Å²) in [6.07, 6.45) is 4.55. The van der Waals surface area contributed by atoms with E-state index in [1.54, 1.807) is 0 Å². The molecule has 0 radical (unpaired) electrons. The summed E-state index contributed by atoms with van der Waals surface area (Å²) in [7, 11) is 2.16. The number of hydrogen-bond acceptors (Lipinski definition) is 7. The van der Waals surface area contributed by atoms with E-state index < -0.39 is 0 Å². The van der Waals surface area contributed by atoms with Crippen LogP contribution in [0.15, 0.2) is 29.2 Å². The number of aliphatic hydroxyl groups is 1. The van der Waals surface area contributed by atoms with Gasteiger partial charge in [0.05, 0.1) is 6.10 Å². The number of nitrogens with one attached hydrogen (secondary N) is 1. The summed E-state index contributed by atoms with van der Waals surface area (Å²) < 4.78 is 1.89. The first kappa shape index (κ1) is 23.2. The fourth-order valence-corrected chi connectivity index (χ4v) is 5.32. The van der Waals surface area contributed by atoms with Gasteiger partial charge in [-0.25, -0.2) is 4.98 Å². The average Bonchev–Trinajstić information content (AvgIpc) is 2.81. The maximum absolute atomic E-state index is 13.9. The van der Waals surface area contributed by atoms with Crippen LogP contribution in [0.25, 0.3) is 21.8 Å². The Bertz CT molecular complexity index is 1220. The second-order valence-corrected chi connectivity index (χ2v) is 10.3. The number of rotatable bonds is 5. The predicted octanol–water partition coefficient (Wildman–Crippen LogP) is 2.99. The SMILES string of the molecule is CC(C)Nc1ncc2c3ccc(CN4CCN(C)CC4)cc3c(=O)n([C@H]3CC[C@H](O)CC3)c2n1. The molecule has 182 valence electrons. The molecule has 3 aromatic rings. The smallest absolute Gasteiger partial charge is 0.260 e. The largest absolute Gasteiger partial charge is 0.393 e. The minimum absolute atomic E-state index is 0.0123. The van der Waals surface area contributed by atoms with E-state index in [4.69, 9.17) is 4.98 Å². The Labute approximate surface area is 200 Å². The van der Waals surface area contributed by atoms with Gasteiger partial charge < -0.3 is 15.3 Å². The lowest BCUT2D eigenvalue weighted by atomic mass is 9.92. The molecule has 0 bridgehead atoms. The van der Waals surface area contributed by atoms with Crippen LogP contribution in [-0.4, -0.2) is 74.8 Å². The fraction of sp³-hybridized carbons (Fsp3) is 0.577. The highest BCUT2D eigenvalue weighted by Crippen LogP contribution is 2.32. The molecule has 34 heavy (non-hydrogen) atoms. The number of benzene rings is 1. The molecule has 0 unspecified atom stereocenters. The molecule has 2 fully saturated rings. The van der Waals surface area contributed by atoms with Crippen molar-refractivity contribution in [2.75, 3.05) is 38.5 Å². The molecule has 3 heterocycles. The zero-order valence-corrected chi connectivity index (χ0v) is 20.5. The van der Waals surface area contributed by atoms with E-state index in [0.717, 1.165) is 67.3 Å². The summed E-state index contributed by atoms with van der Waals surface area (Å²) in [5.74, 6) is 0.539. The predicted molar refractivity (Wildman–Crippen MR) is 136 cm³/mol. The standard InChI is InChI=1S/C26H36N6O2/c1-17(2)28-26-27-15-23-21-9-4-18(16-31-12-10-30(3)11-13-31)14-22(21)25(34)32(24(23)29-26)19-5-7-20(33)8-6-19/h4,9,14-15,17,19-20,33H,5-8,10-13,16H2,1-3H3,(H,27,28,29)/t19-,20-. The number of fused-ring (bicyclic) bond motifs is 3. The summed E-state index contributed by atoms with van der Waals surface area (Å²) in [6.45, 7) is 9.17. The molecule has 2 aromatic heterocycles. The van der Waals surface area contributed by atoms with Crippen LogP contribution >= 0.6 is 0 Å². The van der Waals surface area contributed by atoms with Crippen molar-refractivity contribution in [2.45, 2.75) is 64.3 Å². The van der Waals surface area contributed by atoms with Crippen molar-refractivity contribution < 1.29 is 5.11 Å². The third-order valence-electron chi connectivity index (χ3n) is 7.27. The van der Waals surface area contributed by atoms with Crippen LogP contribution in [0, 0.1) is 0 Å². The zero-order chi connectivity index (χ0) is 23.8. The first-order valence-corrected chi connectivity index (χ1v) is 12.6. The number of hydrogen-bond donors (Lipinski definition) is 2. The summed E-state index contributed by atoms with van der Waals surface area (Å²) in [6, 6.07) is 6.51. The Balaban J connectivity index is 1.61. The van der Waals surface area contributed by atoms with Gasteiger partial charge in [0.2, 0.25) is 5.95 Å². The van der Waals surface area contributed by atoms with E-state index in [1.165, 1.54) is 0 Å². The lowest BCUT2D eigenvalue weighted by Gasteiger charge is -2.32. The van der Waals surface area contributed by atoms with Crippen LogP contribution < -0.4 is 10.9 Å². The second kappa shape index (κ2) is 9.60. The molecule has 0 atom stereocenters. The molecule has 1 aromatic carbocycles. The molecular formula is C26H36N6O2. The monoisotopic (exact) mass is 464 g/mol.